The first-order chi connectivity index (χ1) is 8.70. The fourth-order valence-corrected chi connectivity index (χ4v) is 3.75. The number of aryl methyl sites for hydroxylation is 2. The first-order valence-corrected chi connectivity index (χ1v) is 8.00. The van der Waals surface area contributed by atoms with E-state index in [1.165, 1.54) is 9.75 Å². The van der Waals surface area contributed by atoms with Crippen molar-refractivity contribution < 1.29 is 0 Å². The van der Waals surface area contributed by atoms with E-state index < -0.39 is 0 Å². The van der Waals surface area contributed by atoms with Gasteiger partial charge in [-0.25, -0.2) is 9.97 Å². The van der Waals surface area contributed by atoms with Crippen LogP contribution in [0.4, 0.5) is 0 Å². The zero-order valence-corrected chi connectivity index (χ0v) is 14.8. The molecule has 0 unspecified atom stereocenters. The highest BCUT2D eigenvalue weighted by Gasteiger charge is 2.23. The molecule has 2 aromatic rings. The zero-order valence-electron chi connectivity index (χ0n) is 11.6. The van der Waals surface area contributed by atoms with Crippen molar-refractivity contribution in [2.24, 2.45) is 0 Å². The Kier molecular flexibility index (Phi) is 4.05. The number of rotatable bonds is 1. The van der Waals surface area contributed by atoms with Gasteiger partial charge in [-0.2, -0.15) is 0 Å². The van der Waals surface area contributed by atoms with Crippen molar-refractivity contribution in [3.05, 3.63) is 31.1 Å². The topological polar surface area (TPSA) is 25.8 Å². The van der Waals surface area contributed by atoms with Crippen molar-refractivity contribution in [1.29, 1.82) is 0 Å². The number of hydrogen-bond donors (Lipinski definition) is 0. The summed E-state index contributed by atoms with van der Waals surface area (Å²) in [4.78, 5) is 11.6. The van der Waals surface area contributed by atoms with Crippen LogP contribution in [0.15, 0.2) is 10.5 Å². The molecule has 0 amide bonds. The lowest BCUT2D eigenvalue weighted by Gasteiger charge is -2.20. The zero-order chi connectivity index (χ0) is 14.4. The minimum atomic E-state index is -0.0842. The average Bonchev–Trinajstić information content (AvgIpc) is 2.60. The molecule has 0 saturated heterocycles. The van der Waals surface area contributed by atoms with Gasteiger partial charge in [0, 0.05) is 20.7 Å². The van der Waals surface area contributed by atoms with Gasteiger partial charge in [-0.05, 0) is 35.8 Å². The molecule has 0 bridgehead atoms. The number of thiophene rings is 1. The van der Waals surface area contributed by atoms with Crippen LogP contribution >= 0.6 is 38.9 Å². The van der Waals surface area contributed by atoms with Crippen LogP contribution in [-0.4, -0.2) is 9.97 Å². The van der Waals surface area contributed by atoms with Crippen molar-refractivity contribution in [3.8, 4) is 11.4 Å². The average molecular weight is 360 g/mol. The fraction of sp³-hybridized carbons (Fsp3) is 0.429. The number of aromatic nitrogens is 2. The third-order valence-corrected chi connectivity index (χ3v) is 5.02. The number of nitrogens with zero attached hydrogens (tertiary/aromatic N) is 2. The summed E-state index contributed by atoms with van der Waals surface area (Å²) in [6.07, 6.45) is 0. The molecule has 2 aromatic heterocycles. The summed E-state index contributed by atoms with van der Waals surface area (Å²) < 4.78 is 0.787. The van der Waals surface area contributed by atoms with E-state index in [9.17, 15) is 0 Å². The molecule has 102 valence electrons. The largest absolute Gasteiger partial charge is 0.231 e. The van der Waals surface area contributed by atoms with Crippen LogP contribution in [-0.2, 0) is 5.41 Å². The smallest absolute Gasteiger partial charge is 0.162 e. The second kappa shape index (κ2) is 5.15. The highest BCUT2D eigenvalue weighted by molar-refractivity contribution is 9.10. The Morgan fingerprint density at radius 3 is 2.32 bits per heavy atom. The lowest BCUT2D eigenvalue weighted by Crippen LogP contribution is -2.16. The molecule has 0 atom stereocenters. The Balaban J connectivity index is 2.67. The lowest BCUT2D eigenvalue weighted by molar-refractivity contribution is 0.564. The molecule has 2 heterocycles. The quantitative estimate of drug-likeness (QED) is 0.625. The first kappa shape index (κ1) is 14.9. The summed E-state index contributed by atoms with van der Waals surface area (Å²) in [6, 6.07) is 2.12. The number of halogens is 2. The third kappa shape index (κ3) is 3.01. The van der Waals surface area contributed by atoms with Gasteiger partial charge in [0.15, 0.2) is 5.82 Å². The predicted octanol–water partition coefficient (Wildman–Crippen LogP) is 5.54. The minimum Gasteiger partial charge on any atom is -0.231 e. The Labute approximate surface area is 131 Å². The Hall–Kier alpha value is -0.450. The van der Waals surface area contributed by atoms with E-state index in [1.54, 1.807) is 11.3 Å². The van der Waals surface area contributed by atoms with Crippen molar-refractivity contribution in [1.82, 2.24) is 9.97 Å². The summed E-state index contributed by atoms with van der Waals surface area (Å²) in [5.74, 6) is 0.708. The molecule has 0 fully saturated rings. The molecule has 0 N–H and O–H groups in total. The Bertz CT molecular complexity index is 629. The van der Waals surface area contributed by atoms with Gasteiger partial charge in [0.2, 0.25) is 0 Å². The minimum absolute atomic E-state index is 0.0842. The van der Waals surface area contributed by atoms with E-state index in [2.05, 4.69) is 61.6 Å². The first-order valence-electron chi connectivity index (χ1n) is 6.01. The van der Waals surface area contributed by atoms with E-state index in [0.29, 0.717) is 11.0 Å². The molecular formula is C14H16BrClN2S. The van der Waals surface area contributed by atoms with Crippen molar-refractivity contribution >= 4 is 38.9 Å². The molecule has 0 aliphatic heterocycles. The van der Waals surface area contributed by atoms with Gasteiger partial charge in [-0.15, -0.1) is 11.3 Å². The molecule has 0 saturated carbocycles. The Morgan fingerprint density at radius 2 is 1.84 bits per heavy atom. The molecule has 2 nitrogen and oxygen atoms in total. The normalized spacial score (nSPS) is 11.9. The summed E-state index contributed by atoms with van der Waals surface area (Å²) in [5.41, 5.74) is 1.92. The van der Waals surface area contributed by atoms with Crippen LogP contribution in [0.5, 0.6) is 0 Å². The van der Waals surface area contributed by atoms with Crippen molar-refractivity contribution in [2.45, 2.75) is 40.0 Å². The van der Waals surface area contributed by atoms with E-state index >= 15 is 0 Å². The van der Waals surface area contributed by atoms with E-state index in [0.717, 1.165) is 15.7 Å². The lowest BCUT2D eigenvalue weighted by atomic mass is 9.92. The van der Waals surface area contributed by atoms with Gasteiger partial charge in [-0.1, -0.05) is 32.4 Å². The van der Waals surface area contributed by atoms with Gasteiger partial charge in [0.25, 0.3) is 0 Å². The van der Waals surface area contributed by atoms with Crippen molar-refractivity contribution in [3.63, 3.8) is 0 Å². The maximum atomic E-state index is 6.24. The second-order valence-electron chi connectivity index (χ2n) is 5.58. The maximum absolute atomic E-state index is 6.24. The molecule has 0 radical (unpaired) electrons. The van der Waals surface area contributed by atoms with Crippen LogP contribution in [0.2, 0.25) is 5.15 Å². The molecule has 5 heteroatoms. The standard InChI is InChI=1S/C14H16BrClN2S/c1-7-6-9(8(2)19-7)13-17-11(14(3,4)5)10(15)12(16)18-13/h6H,1-5H3. The van der Waals surface area contributed by atoms with Gasteiger partial charge in [0.05, 0.1) is 10.2 Å². The third-order valence-electron chi connectivity index (χ3n) is 2.80. The summed E-state index contributed by atoms with van der Waals surface area (Å²) in [6.45, 7) is 10.5. The van der Waals surface area contributed by atoms with Crippen molar-refractivity contribution in [2.75, 3.05) is 0 Å². The summed E-state index contributed by atoms with van der Waals surface area (Å²) in [5, 5.41) is 0.471. The summed E-state index contributed by atoms with van der Waals surface area (Å²) in [7, 11) is 0. The van der Waals surface area contributed by atoms with Crippen LogP contribution in [0.25, 0.3) is 11.4 Å². The summed E-state index contributed by atoms with van der Waals surface area (Å²) >= 11 is 11.5. The van der Waals surface area contributed by atoms with Crippen LogP contribution < -0.4 is 0 Å². The molecule has 19 heavy (non-hydrogen) atoms. The molecule has 0 aromatic carbocycles. The van der Waals surface area contributed by atoms with E-state index in [-0.39, 0.29) is 5.41 Å². The molecular weight excluding hydrogens is 344 g/mol. The SMILES string of the molecule is Cc1cc(-c2nc(Cl)c(Br)c(C(C)(C)C)n2)c(C)s1. The molecule has 0 spiro atoms. The van der Waals surface area contributed by atoms with Crippen LogP contribution in [0, 0.1) is 13.8 Å². The number of hydrogen-bond acceptors (Lipinski definition) is 3. The molecule has 0 aliphatic rings. The fourth-order valence-electron chi connectivity index (χ4n) is 1.89. The molecule has 2 rings (SSSR count). The van der Waals surface area contributed by atoms with Crippen LogP contribution in [0.1, 0.15) is 36.2 Å². The predicted molar refractivity (Wildman–Crippen MR) is 86.2 cm³/mol. The maximum Gasteiger partial charge on any atom is 0.162 e. The van der Waals surface area contributed by atoms with Gasteiger partial charge < -0.3 is 0 Å². The van der Waals surface area contributed by atoms with E-state index in [4.69, 9.17) is 16.6 Å². The van der Waals surface area contributed by atoms with Gasteiger partial charge in [-0.3, -0.25) is 0 Å². The van der Waals surface area contributed by atoms with Gasteiger partial charge in [0.1, 0.15) is 5.15 Å². The van der Waals surface area contributed by atoms with Gasteiger partial charge >= 0.3 is 0 Å². The highest BCUT2D eigenvalue weighted by atomic mass is 79.9. The van der Waals surface area contributed by atoms with Crippen LogP contribution in [0.3, 0.4) is 0 Å². The molecule has 0 aliphatic carbocycles. The monoisotopic (exact) mass is 358 g/mol. The Morgan fingerprint density at radius 1 is 1.21 bits per heavy atom. The second-order valence-corrected chi connectivity index (χ2v) is 8.19. The van der Waals surface area contributed by atoms with E-state index in [1.807, 2.05) is 0 Å². The highest BCUT2D eigenvalue weighted by Crippen LogP contribution is 2.36.